The lowest BCUT2D eigenvalue weighted by atomic mass is 10.0. The first kappa shape index (κ1) is 18.6. The molecule has 0 saturated carbocycles. The zero-order valence-electron chi connectivity index (χ0n) is 14.9. The molecule has 0 heterocycles. The quantitative estimate of drug-likeness (QED) is 0.653. The molecule has 2 N–H and O–H groups in total. The molecule has 0 saturated heterocycles. The second kappa shape index (κ2) is 8.47. The molecule has 3 rings (SSSR count). The second-order valence-corrected chi connectivity index (χ2v) is 6.10. The standard InChI is InChI=1S/C22H20FNO3/c1-27-20-10-7-16-5-6-17(12-18(16)13-20)21(14-25)24-22(26)11-4-15-2-8-19(23)9-3-15/h2-13,21,25H,14H2,1H3,(H,24,26). The molecule has 0 bridgehead atoms. The summed E-state index contributed by atoms with van der Waals surface area (Å²) in [5.74, 6) is 0.0699. The highest BCUT2D eigenvalue weighted by atomic mass is 19.1. The van der Waals surface area contributed by atoms with Crippen LogP contribution in [0.1, 0.15) is 17.2 Å². The summed E-state index contributed by atoms with van der Waals surface area (Å²) in [6.45, 7) is -0.231. The van der Waals surface area contributed by atoms with Gasteiger partial charge in [0.1, 0.15) is 11.6 Å². The number of carbonyl (C=O) groups excluding carboxylic acids is 1. The molecule has 0 aliphatic heterocycles. The minimum absolute atomic E-state index is 0.231. The molecule has 138 valence electrons. The van der Waals surface area contributed by atoms with Crippen LogP contribution < -0.4 is 10.1 Å². The van der Waals surface area contributed by atoms with Gasteiger partial charge in [-0.25, -0.2) is 4.39 Å². The zero-order chi connectivity index (χ0) is 19.2. The molecular formula is C22H20FNO3. The lowest BCUT2D eigenvalue weighted by Crippen LogP contribution is -2.29. The molecule has 3 aromatic carbocycles. The monoisotopic (exact) mass is 365 g/mol. The summed E-state index contributed by atoms with van der Waals surface area (Å²) >= 11 is 0. The van der Waals surface area contributed by atoms with Crippen molar-refractivity contribution in [2.24, 2.45) is 0 Å². The molecule has 0 aliphatic carbocycles. The van der Waals surface area contributed by atoms with Gasteiger partial charge in [-0.1, -0.05) is 30.3 Å². The summed E-state index contributed by atoms with van der Waals surface area (Å²) in [6.07, 6.45) is 2.95. The Morgan fingerprint density at radius 2 is 1.85 bits per heavy atom. The Kier molecular flexibility index (Phi) is 5.84. The average Bonchev–Trinajstić information content (AvgIpc) is 2.70. The van der Waals surface area contributed by atoms with Crippen LogP contribution >= 0.6 is 0 Å². The number of aliphatic hydroxyl groups excluding tert-OH is 1. The number of aliphatic hydroxyl groups is 1. The van der Waals surface area contributed by atoms with Crippen molar-refractivity contribution in [1.29, 1.82) is 0 Å². The van der Waals surface area contributed by atoms with Crippen LogP contribution in [0, 0.1) is 5.82 Å². The third kappa shape index (κ3) is 4.71. The number of benzene rings is 3. The maximum Gasteiger partial charge on any atom is 0.244 e. The number of rotatable bonds is 6. The summed E-state index contributed by atoms with van der Waals surface area (Å²) in [5, 5.41) is 14.5. The highest BCUT2D eigenvalue weighted by Crippen LogP contribution is 2.24. The number of hydrogen-bond donors (Lipinski definition) is 2. The molecule has 0 fully saturated rings. The van der Waals surface area contributed by atoms with Crippen molar-refractivity contribution in [3.05, 3.63) is 83.7 Å². The maximum atomic E-state index is 12.9. The summed E-state index contributed by atoms with van der Waals surface area (Å²) in [4.78, 5) is 12.2. The third-order valence-electron chi connectivity index (χ3n) is 4.27. The number of nitrogens with one attached hydrogen (secondary N) is 1. The van der Waals surface area contributed by atoms with Gasteiger partial charge in [-0.3, -0.25) is 4.79 Å². The Morgan fingerprint density at radius 1 is 1.11 bits per heavy atom. The van der Waals surface area contributed by atoms with Crippen molar-refractivity contribution in [3.63, 3.8) is 0 Å². The number of ether oxygens (including phenoxy) is 1. The summed E-state index contributed by atoms with van der Waals surface area (Å²) in [7, 11) is 1.61. The third-order valence-corrected chi connectivity index (χ3v) is 4.27. The normalized spacial score (nSPS) is 12.3. The number of halogens is 1. The van der Waals surface area contributed by atoms with E-state index in [2.05, 4.69) is 5.32 Å². The molecule has 0 radical (unpaired) electrons. The fourth-order valence-electron chi connectivity index (χ4n) is 2.79. The van der Waals surface area contributed by atoms with Gasteiger partial charge in [0, 0.05) is 6.08 Å². The van der Waals surface area contributed by atoms with Crippen LogP contribution in [0.15, 0.2) is 66.7 Å². The minimum Gasteiger partial charge on any atom is -0.497 e. The minimum atomic E-state index is -0.536. The van der Waals surface area contributed by atoms with E-state index in [1.54, 1.807) is 25.3 Å². The van der Waals surface area contributed by atoms with Crippen molar-refractivity contribution in [2.75, 3.05) is 13.7 Å². The van der Waals surface area contributed by atoms with Gasteiger partial charge in [-0.05, 0) is 58.3 Å². The Hall–Kier alpha value is -3.18. The molecular weight excluding hydrogens is 345 g/mol. The van der Waals surface area contributed by atoms with Gasteiger partial charge in [-0.15, -0.1) is 0 Å². The predicted octanol–water partition coefficient (Wildman–Crippen LogP) is 3.85. The molecule has 1 atom stereocenters. The average molecular weight is 365 g/mol. The lowest BCUT2D eigenvalue weighted by Gasteiger charge is -2.16. The van der Waals surface area contributed by atoms with E-state index in [9.17, 15) is 14.3 Å². The van der Waals surface area contributed by atoms with Crippen LogP contribution in [0.4, 0.5) is 4.39 Å². The van der Waals surface area contributed by atoms with Crippen molar-refractivity contribution < 1.29 is 19.0 Å². The molecule has 27 heavy (non-hydrogen) atoms. The van der Waals surface area contributed by atoms with E-state index < -0.39 is 6.04 Å². The van der Waals surface area contributed by atoms with Crippen molar-refractivity contribution in [2.45, 2.75) is 6.04 Å². The van der Waals surface area contributed by atoms with Gasteiger partial charge < -0.3 is 15.2 Å². The summed E-state index contributed by atoms with van der Waals surface area (Å²) in [6, 6.07) is 16.8. The lowest BCUT2D eigenvalue weighted by molar-refractivity contribution is -0.117. The SMILES string of the molecule is COc1ccc2ccc(C(CO)NC(=O)C=Cc3ccc(F)cc3)cc2c1. The fourth-order valence-corrected chi connectivity index (χ4v) is 2.79. The highest BCUT2D eigenvalue weighted by Gasteiger charge is 2.13. The van der Waals surface area contributed by atoms with Crippen molar-refractivity contribution in [1.82, 2.24) is 5.32 Å². The molecule has 3 aromatic rings. The summed E-state index contributed by atoms with van der Waals surface area (Å²) in [5.41, 5.74) is 1.51. The van der Waals surface area contributed by atoms with Crippen LogP contribution in [0.5, 0.6) is 5.75 Å². The Balaban J connectivity index is 1.75. The topological polar surface area (TPSA) is 58.6 Å². The number of fused-ring (bicyclic) bond motifs is 1. The van der Waals surface area contributed by atoms with E-state index in [1.807, 2.05) is 36.4 Å². The van der Waals surface area contributed by atoms with Crippen LogP contribution in [0.3, 0.4) is 0 Å². The van der Waals surface area contributed by atoms with Gasteiger partial charge >= 0.3 is 0 Å². The van der Waals surface area contributed by atoms with E-state index in [4.69, 9.17) is 4.74 Å². The molecule has 0 aromatic heterocycles. The van der Waals surface area contributed by atoms with Gasteiger partial charge in [-0.2, -0.15) is 0 Å². The molecule has 0 spiro atoms. The van der Waals surface area contributed by atoms with E-state index in [0.29, 0.717) is 5.56 Å². The Morgan fingerprint density at radius 3 is 2.56 bits per heavy atom. The Labute approximate surface area is 156 Å². The first-order valence-electron chi connectivity index (χ1n) is 8.52. The van der Waals surface area contributed by atoms with Gasteiger partial charge in [0.25, 0.3) is 0 Å². The van der Waals surface area contributed by atoms with Crippen molar-refractivity contribution >= 4 is 22.8 Å². The highest BCUT2D eigenvalue weighted by molar-refractivity contribution is 5.92. The van der Waals surface area contributed by atoms with E-state index >= 15 is 0 Å². The van der Waals surface area contributed by atoms with E-state index in [-0.39, 0.29) is 18.3 Å². The van der Waals surface area contributed by atoms with Crippen molar-refractivity contribution in [3.8, 4) is 5.75 Å². The van der Waals surface area contributed by atoms with Crippen LogP contribution in [-0.4, -0.2) is 24.7 Å². The molecule has 1 unspecified atom stereocenters. The van der Waals surface area contributed by atoms with E-state index in [0.717, 1.165) is 22.1 Å². The van der Waals surface area contributed by atoms with Gasteiger partial charge in [0.2, 0.25) is 5.91 Å². The fraction of sp³-hybridized carbons (Fsp3) is 0.136. The van der Waals surface area contributed by atoms with E-state index in [1.165, 1.54) is 18.2 Å². The van der Waals surface area contributed by atoms with Crippen LogP contribution in [0.25, 0.3) is 16.8 Å². The van der Waals surface area contributed by atoms with Gasteiger partial charge in [0.05, 0.1) is 19.8 Å². The molecule has 4 nitrogen and oxygen atoms in total. The number of carbonyl (C=O) groups is 1. The molecule has 1 amide bonds. The van der Waals surface area contributed by atoms with Gasteiger partial charge in [0.15, 0.2) is 0 Å². The Bertz CT molecular complexity index is 967. The molecule has 0 aliphatic rings. The zero-order valence-corrected chi connectivity index (χ0v) is 14.9. The molecule has 5 heteroatoms. The number of amides is 1. The first-order valence-corrected chi connectivity index (χ1v) is 8.52. The number of hydrogen-bond acceptors (Lipinski definition) is 3. The van der Waals surface area contributed by atoms with Crippen LogP contribution in [0.2, 0.25) is 0 Å². The second-order valence-electron chi connectivity index (χ2n) is 6.10. The maximum absolute atomic E-state index is 12.9. The van der Waals surface area contributed by atoms with Crippen LogP contribution in [-0.2, 0) is 4.79 Å². The summed E-state index contributed by atoms with van der Waals surface area (Å²) < 4.78 is 18.2. The largest absolute Gasteiger partial charge is 0.497 e. The number of methoxy groups -OCH3 is 1. The first-order chi connectivity index (χ1) is 13.1. The predicted molar refractivity (Wildman–Crippen MR) is 104 cm³/mol. The smallest absolute Gasteiger partial charge is 0.244 e.